The third-order valence-electron chi connectivity index (χ3n) is 2.75. The molecule has 0 radical (unpaired) electrons. The minimum atomic E-state index is -0.171. The highest BCUT2D eigenvalue weighted by molar-refractivity contribution is 8.23. The lowest BCUT2D eigenvalue weighted by Crippen LogP contribution is -2.33. The third kappa shape index (κ3) is 2.14. The lowest BCUT2D eigenvalue weighted by atomic mass is 10.1. The van der Waals surface area contributed by atoms with Gasteiger partial charge in [0.2, 0.25) is 0 Å². The van der Waals surface area contributed by atoms with Gasteiger partial charge in [-0.1, -0.05) is 24.0 Å². The molecular weight excluding hydrogens is 256 g/mol. The minimum Gasteiger partial charge on any atom is -0.318 e. The summed E-state index contributed by atoms with van der Waals surface area (Å²) in [6, 6.07) is 1.67. The van der Waals surface area contributed by atoms with E-state index in [4.69, 9.17) is 12.2 Å². The van der Waals surface area contributed by atoms with Gasteiger partial charge in [0.05, 0.1) is 0 Å². The Morgan fingerprint density at radius 2 is 2.24 bits per heavy atom. The van der Waals surface area contributed by atoms with E-state index >= 15 is 0 Å². The number of amides is 1. The lowest BCUT2D eigenvalue weighted by molar-refractivity contribution is 0.0860. The molecule has 1 fully saturated rings. The van der Waals surface area contributed by atoms with Gasteiger partial charge in [-0.05, 0) is 13.0 Å². The number of thioether (sulfide) groups is 1. The Hall–Kier alpha value is -1.14. The van der Waals surface area contributed by atoms with Gasteiger partial charge in [-0.25, -0.2) is 0 Å². The monoisotopic (exact) mass is 268 g/mol. The standard InChI is InChI=1S/C11H12N2O2S2/c1-7-8(3-4-12(2)9(7)14)10(15)13-5-6-17-11(13)16/h3-4H,5-6H2,1-2H3. The zero-order valence-corrected chi connectivity index (χ0v) is 11.2. The number of carbonyl (C=O) groups excluding carboxylic acids is 1. The molecule has 1 amide bonds. The van der Waals surface area contributed by atoms with Crippen LogP contribution in [0.5, 0.6) is 0 Å². The smallest absolute Gasteiger partial charge is 0.259 e. The van der Waals surface area contributed by atoms with Crippen LogP contribution >= 0.6 is 24.0 Å². The van der Waals surface area contributed by atoms with Crippen molar-refractivity contribution in [2.75, 3.05) is 12.3 Å². The van der Waals surface area contributed by atoms with Crippen LogP contribution in [0.1, 0.15) is 15.9 Å². The summed E-state index contributed by atoms with van der Waals surface area (Å²) in [4.78, 5) is 25.5. The van der Waals surface area contributed by atoms with Gasteiger partial charge >= 0.3 is 0 Å². The van der Waals surface area contributed by atoms with Gasteiger partial charge in [0.1, 0.15) is 4.32 Å². The summed E-state index contributed by atoms with van der Waals surface area (Å²) < 4.78 is 2.05. The second kappa shape index (κ2) is 4.62. The van der Waals surface area contributed by atoms with Crippen LogP contribution in [0, 0.1) is 6.92 Å². The zero-order valence-electron chi connectivity index (χ0n) is 9.60. The third-order valence-corrected chi connectivity index (χ3v) is 4.17. The van der Waals surface area contributed by atoms with Crippen molar-refractivity contribution < 1.29 is 4.79 Å². The number of thiocarbonyl (C=S) groups is 1. The molecule has 1 aliphatic heterocycles. The van der Waals surface area contributed by atoms with Crippen LogP contribution < -0.4 is 5.56 Å². The van der Waals surface area contributed by atoms with E-state index in [9.17, 15) is 9.59 Å². The van der Waals surface area contributed by atoms with E-state index in [0.717, 1.165) is 5.75 Å². The van der Waals surface area contributed by atoms with Gasteiger partial charge in [0.25, 0.3) is 11.5 Å². The van der Waals surface area contributed by atoms with Crippen molar-refractivity contribution in [3.8, 4) is 0 Å². The highest BCUT2D eigenvalue weighted by atomic mass is 32.2. The molecule has 1 aromatic heterocycles. The van der Waals surface area contributed by atoms with Crippen LogP contribution in [0.15, 0.2) is 17.1 Å². The molecule has 2 heterocycles. The predicted molar refractivity (Wildman–Crippen MR) is 72.5 cm³/mol. The summed E-state index contributed by atoms with van der Waals surface area (Å²) >= 11 is 6.60. The fourth-order valence-electron chi connectivity index (χ4n) is 1.71. The Bertz CT molecular complexity index is 551. The van der Waals surface area contributed by atoms with E-state index < -0.39 is 0 Å². The second-order valence-corrected chi connectivity index (χ2v) is 5.57. The van der Waals surface area contributed by atoms with Crippen LogP contribution in [0.25, 0.3) is 0 Å². The highest BCUT2D eigenvalue weighted by Gasteiger charge is 2.26. The number of aromatic nitrogens is 1. The summed E-state index contributed by atoms with van der Waals surface area (Å²) in [5.74, 6) is 0.657. The number of rotatable bonds is 1. The first-order chi connectivity index (χ1) is 8.02. The summed E-state index contributed by atoms with van der Waals surface area (Å²) in [7, 11) is 1.67. The molecule has 90 valence electrons. The van der Waals surface area contributed by atoms with Crippen molar-refractivity contribution in [1.29, 1.82) is 0 Å². The topological polar surface area (TPSA) is 42.3 Å². The first kappa shape index (κ1) is 12.3. The Balaban J connectivity index is 2.41. The molecule has 1 saturated heterocycles. The molecule has 0 atom stereocenters. The van der Waals surface area contributed by atoms with Crippen LogP contribution in [0.3, 0.4) is 0 Å². The SMILES string of the molecule is Cc1c(C(=O)N2CCSC2=S)ccn(C)c1=O. The van der Waals surface area contributed by atoms with Crippen molar-refractivity contribution in [3.05, 3.63) is 33.7 Å². The van der Waals surface area contributed by atoms with Crippen LogP contribution in [-0.4, -0.2) is 32.0 Å². The maximum Gasteiger partial charge on any atom is 0.259 e. The number of nitrogens with zero attached hydrogens (tertiary/aromatic N) is 2. The number of hydrogen-bond acceptors (Lipinski definition) is 4. The Morgan fingerprint density at radius 1 is 1.53 bits per heavy atom. The largest absolute Gasteiger partial charge is 0.318 e. The highest BCUT2D eigenvalue weighted by Crippen LogP contribution is 2.20. The first-order valence-electron chi connectivity index (χ1n) is 5.17. The molecule has 2 rings (SSSR count). The molecule has 0 bridgehead atoms. The molecule has 0 aliphatic carbocycles. The van der Waals surface area contributed by atoms with Gasteiger partial charge in [0.15, 0.2) is 0 Å². The fourth-order valence-corrected chi connectivity index (χ4v) is 2.92. The van der Waals surface area contributed by atoms with E-state index in [1.54, 1.807) is 31.1 Å². The molecule has 4 nitrogen and oxygen atoms in total. The van der Waals surface area contributed by atoms with Crippen LogP contribution in [0.2, 0.25) is 0 Å². The normalized spacial score (nSPS) is 15.4. The maximum absolute atomic E-state index is 12.2. The number of carbonyl (C=O) groups is 1. The van der Waals surface area contributed by atoms with E-state index in [1.165, 1.54) is 16.3 Å². The number of pyridine rings is 1. The minimum absolute atomic E-state index is 0.145. The first-order valence-corrected chi connectivity index (χ1v) is 6.56. The predicted octanol–water partition coefficient (Wildman–Crippen LogP) is 1.17. The van der Waals surface area contributed by atoms with Gasteiger partial charge in [-0.15, -0.1) is 0 Å². The lowest BCUT2D eigenvalue weighted by Gasteiger charge is -2.16. The van der Waals surface area contributed by atoms with Crippen molar-refractivity contribution in [2.24, 2.45) is 7.05 Å². The van der Waals surface area contributed by atoms with E-state index in [2.05, 4.69) is 0 Å². The fraction of sp³-hybridized carbons (Fsp3) is 0.364. The molecule has 6 heteroatoms. The number of hydrogen-bond donors (Lipinski definition) is 0. The Labute approximate surface area is 109 Å². The van der Waals surface area contributed by atoms with Gasteiger partial charge in [0, 0.05) is 36.7 Å². The summed E-state index contributed by atoms with van der Waals surface area (Å²) in [6.07, 6.45) is 1.61. The van der Waals surface area contributed by atoms with Crippen molar-refractivity contribution in [3.63, 3.8) is 0 Å². The van der Waals surface area contributed by atoms with Crippen LogP contribution in [-0.2, 0) is 7.05 Å². The maximum atomic E-state index is 12.2. The average Bonchev–Trinajstić information content (AvgIpc) is 2.72. The van der Waals surface area contributed by atoms with Gasteiger partial charge in [-0.3, -0.25) is 14.5 Å². The Morgan fingerprint density at radius 3 is 2.82 bits per heavy atom. The molecule has 0 saturated carbocycles. The Kier molecular flexibility index (Phi) is 3.35. The molecule has 0 unspecified atom stereocenters. The molecule has 0 aromatic carbocycles. The van der Waals surface area contributed by atoms with E-state index in [1.807, 2.05) is 0 Å². The van der Waals surface area contributed by atoms with Crippen LogP contribution in [0.4, 0.5) is 0 Å². The molecule has 17 heavy (non-hydrogen) atoms. The molecular formula is C11H12N2O2S2. The number of aryl methyl sites for hydroxylation is 1. The summed E-state index contributed by atoms with van der Waals surface area (Å²) in [5, 5.41) is 0. The van der Waals surface area contributed by atoms with Crippen molar-refractivity contribution in [1.82, 2.24) is 9.47 Å². The van der Waals surface area contributed by atoms with Gasteiger partial charge < -0.3 is 4.57 Å². The molecule has 0 spiro atoms. The van der Waals surface area contributed by atoms with E-state index in [-0.39, 0.29) is 11.5 Å². The van der Waals surface area contributed by atoms with Crippen molar-refractivity contribution in [2.45, 2.75) is 6.92 Å². The molecule has 1 aliphatic rings. The zero-order chi connectivity index (χ0) is 12.6. The second-order valence-electron chi connectivity index (χ2n) is 3.84. The molecule has 1 aromatic rings. The quantitative estimate of drug-likeness (QED) is 0.717. The van der Waals surface area contributed by atoms with E-state index in [0.29, 0.717) is 22.0 Å². The summed E-state index contributed by atoms with van der Waals surface area (Å²) in [5.41, 5.74) is 0.770. The average molecular weight is 268 g/mol. The summed E-state index contributed by atoms with van der Waals surface area (Å²) in [6.45, 7) is 2.29. The van der Waals surface area contributed by atoms with Crippen molar-refractivity contribution >= 4 is 34.2 Å². The molecule has 0 N–H and O–H groups in total. The van der Waals surface area contributed by atoms with Gasteiger partial charge in [-0.2, -0.15) is 0 Å².